The van der Waals surface area contributed by atoms with Crippen molar-refractivity contribution in [1.29, 1.82) is 0 Å². The van der Waals surface area contributed by atoms with Gasteiger partial charge in [0.1, 0.15) is 55.3 Å². The van der Waals surface area contributed by atoms with Gasteiger partial charge in [-0.1, -0.05) is 465 Å². The molecule has 3 fully saturated rings. The smallest absolute Gasteiger partial charge is 0.462 e. The van der Waals surface area contributed by atoms with Crippen LogP contribution in [0.5, 0.6) is 0 Å². The summed E-state index contributed by atoms with van der Waals surface area (Å²) in [5.41, 5.74) is 6.36. The number of esters is 1. The monoisotopic (exact) mass is 1950 g/mol. The van der Waals surface area contributed by atoms with E-state index in [4.69, 9.17) is 61.4 Å². The molecule has 22 heteroatoms. The number of hydrogen-bond acceptors (Lipinski definition) is 18. The summed E-state index contributed by atoms with van der Waals surface area (Å²) in [5, 5.41) is 6.68. The van der Waals surface area contributed by atoms with Gasteiger partial charge in [0.2, 0.25) is 17.7 Å². The molecule has 4 aromatic rings. The molecule has 0 radical (unpaired) electrons. The van der Waals surface area contributed by atoms with Crippen LogP contribution in [0, 0.1) is 17.8 Å². The highest BCUT2D eigenvalue weighted by Gasteiger charge is 2.56. The summed E-state index contributed by atoms with van der Waals surface area (Å²) < 4.78 is 82.4. The molecular weight excluding hydrogens is 1760 g/mol. The lowest BCUT2D eigenvalue weighted by molar-refractivity contribution is -0.357. The third-order valence-electron chi connectivity index (χ3n) is 27.5. The van der Waals surface area contributed by atoms with Crippen LogP contribution in [0.1, 0.15) is 418 Å². The van der Waals surface area contributed by atoms with Crippen LogP contribution in [0.25, 0.3) is 0 Å². The minimum absolute atomic E-state index is 0.0135. The van der Waals surface area contributed by atoms with Gasteiger partial charge >= 0.3 is 12.1 Å². The zero-order valence-corrected chi connectivity index (χ0v) is 89.2. The molecule has 3 aliphatic heterocycles. The second-order valence-corrected chi connectivity index (χ2v) is 46.3. The Morgan fingerprint density at radius 2 is 0.820 bits per heavy atom. The number of carbonyl (C=O) groups excluding carboxylic acids is 5. The molecule has 0 bridgehead atoms. The van der Waals surface area contributed by atoms with Gasteiger partial charge in [-0.3, -0.25) is 24.0 Å². The molecule has 786 valence electrons. The minimum Gasteiger partial charge on any atom is -0.462 e. The Labute approximate surface area is 842 Å². The number of fused-ring (bicyclic) bond motifs is 1. The number of nitrogens with one attached hydrogen (secondary N) is 3. The fraction of sp³-hybridized carbons (Fsp3) is 0.735. The zero-order chi connectivity index (χ0) is 99.4. The molecule has 0 saturated carbocycles. The van der Waals surface area contributed by atoms with Crippen LogP contribution in [-0.4, -0.2) is 138 Å². The first-order valence-electron chi connectivity index (χ1n) is 55.7. The van der Waals surface area contributed by atoms with Gasteiger partial charge in [0.05, 0.1) is 64.5 Å². The average Bonchev–Trinajstić information content (AvgIpc) is 0.765. The fourth-order valence-corrected chi connectivity index (χ4v) is 21.3. The van der Waals surface area contributed by atoms with E-state index in [1.165, 1.54) is 160 Å². The maximum atomic E-state index is 15.9. The van der Waals surface area contributed by atoms with E-state index in [1.54, 1.807) is 0 Å². The molecule has 0 aliphatic carbocycles. The number of rotatable bonds is 82. The standard InChI is InChI=1S/C117H191N3O18Si/c1-12-15-17-19-20-21-22-23-24-31-39-46-65-81-107(124)132-101(80-64-45-37-30-26-28-34-41-52-68-93(6)7)86-105(122)119-109-113(137-120-106(123)85-100(128-88-96-72-56-48-57-73-96)79-63-44-38-32-35-42-53-69-94(8)9)111-103(91-130-114(135-111)98-76-60-50-61-77-98)133-115(109)131-90-102-110(129-89-97-74-58-49-59-75-97)112(136-117(125)126-82-14-3)108(116(134-102)138-139(10,11)83-66-18-16-13-2)118-104(121)84-99(127-87-95-70-54-47-55-71-95)78-62-43-36-29-25-27-33-40-51-67-92(4)5/h14,47-50,54-61,70-77,92-94,99-103,108-116H,3,12-13,15-46,51-53,62-69,78-91H2,1-2,4-11H3,(H,118,121)(H,119,122)(H,120,123)/t99-,100-,101-,102-,103-,108-,109-,110-,111-,112-,113-,114?,115-,116+/m1/s1. The minimum atomic E-state index is -2.81. The summed E-state index contributed by atoms with van der Waals surface area (Å²) in [5.74, 6) is 0.490. The fourth-order valence-electron chi connectivity index (χ4n) is 19.2. The van der Waals surface area contributed by atoms with Gasteiger partial charge in [-0.05, 0) is 85.7 Å². The Morgan fingerprint density at radius 3 is 1.27 bits per heavy atom. The molecule has 3 amide bonds. The highest BCUT2D eigenvalue weighted by molar-refractivity contribution is 6.71. The summed E-state index contributed by atoms with van der Waals surface area (Å²) in [6.45, 7) is 26.3. The van der Waals surface area contributed by atoms with E-state index in [2.05, 4.69) is 91.2 Å². The van der Waals surface area contributed by atoms with Crippen LogP contribution < -0.4 is 16.1 Å². The van der Waals surface area contributed by atoms with Crippen LogP contribution in [-0.2, 0) is 100 Å². The SMILES string of the molecule is C=CCOC(=O)O[C@@H]1[C@@H](NC(=O)C[C@@H](CCCCCCCCCCCC(C)C)OCc2ccccc2)[C@H](O[Si](C)(C)CCCCCC)O[C@H](CO[C@@H]2O[C@@H]3COC(c4ccccc4)O[C@H]3[C@H](ONC(=O)C[C@@H](CCCCCCCCCC(C)C)OCc3ccccc3)[C@H]2NC(=O)C[C@@H](CCCCCCCCCCCC(C)C)OC(=O)CCCCCCCCCCCCCCC)[C@H]1OCc1ccccc1. The summed E-state index contributed by atoms with van der Waals surface area (Å²) >= 11 is 0. The number of unbranched alkanes of at least 4 members (excludes halogenated alkanes) is 37. The predicted molar refractivity (Wildman–Crippen MR) is 561 cm³/mol. The van der Waals surface area contributed by atoms with Crippen LogP contribution in [0.4, 0.5) is 4.79 Å². The van der Waals surface area contributed by atoms with Crippen molar-refractivity contribution in [3.8, 4) is 0 Å². The molecular formula is C117H191N3O18Si. The van der Waals surface area contributed by atoms with Crippen LogP contribution >= 0.6 is 0 Å². The molecule has 3 aliphatic rings. The number of hydroxylamine groups is 1. The van der Waals surface area contributed by atoms with Crippen molar-refractivity contribution in [3.05, 3.63) is 156 Å². The molecule has 0 aromatic heterocycles. The molecule has 21 nitrogen and oxygen atoms in total. The van der Waals surface area contributed by atoms with Crippen molar-refractivity contribution in [2.24, 2.45) is 17.8 Å². The summed E-state index contributed by atoms with van der Waals surface area (Å²) in [6, 6.07) is 37.4. The highest BCUT2D eigenvalue weighted by Crippen LogP contribution is 2.39. The van der Waals surface area contributed by atoms with E-state index in [9.17, 15) is 9.59 Å². The van der Waals surface area contributed by atoms with E-state index in [1.807, 2.05) is 121 Å². The molecule has 7 rings (SSSR count). The lowest BCUT2D eigenvalue weighted by Crippen LogP contribution is -2.69. The van der Waals surface area contributed by atoms with Crippen molar-refractivity contribution < 1.29 is 85.3 Å². The zero-order valence-electron chi connectivity index (χ0n) is 88.2. The first-order chi connectivity index (χ1) is 67.7. The van der Waals surface area contributed by atoms with Crippen LogP contribution in [0.2, 0.25) is 19.1 Å². The van der Waals surface area contributed by atoms with Crippen molar-refractivity contribution >= 4 is 38.2 Å². The Morgan fingerprint density at radius 1 is 0.424 bits per heavy atom. The van der Waals surface area contributed by atoms with E-state index < -0.39 is 112 Å². The third-order valence-corrected chi connectivity index (χ3v) is 29.9. The Kier molecular flexibility index (Phi) is 64.0. The molecule has 3 heterocycles. The number of ether oxygens (including phenoxy) is 11. The van der Waals surface area contributed by atoms with E-state index in [0.29, 0.717) is 50.7 Å². The Hall–Kier alpha value is -6.41. The van der Waals surface area contributed by atoms with Gasteiger partial charge in [0.25, 0.3) is 0 Å². The van der Waals surface area contributed by atoms with E-state index >= 15 is 14.4 Å². The summed E-state index contributed by atoms with van der Waals surface area (Å²) in [7, 11) is -2.81. The van der Waals surface area contributed by atoms with Crippen molar-refractivity contribution in [2.75, 3.05) is 19.8 Å². The summed E-state index contributed by atoms with van der Waals surface area (Å²) in [6.07, 6.45) is 40.6. The van der Waals surface area contributed by atoms with Gasteiger partial charge in [0.15, 0.2) is 33.3 Å². The topological polar surface area (TPSA) is 241 Å². The maximum absolute atomic E-state index is 15.9. The normalized spacial score (nSPS) is 20.1. The molecule has 139 heavy (non-hydrogen) atoms. The highest BCUT2D eigenvalue weighted by atomic mass is 28.4. The number of hydrogen-bond donors (Lipinski definition) is 3. The van der Waals surface area contributed by atoms with Gasteiger partial charge < -0.3 is 67.2 Å². The van der Waals surface area contributed by atoms with Crippen molar-refractivity contribution in [3.63, 3.8) is 0 Å². The molecule has 0 spiro atoms. The van der Waals surface area contributed by atoms with Crippen LogP contribution in [0.15, 0.2) is 134 Å². The lowest BCUT2D eigenvalue weighted by atomic mass is 9.94. The lowest BCUT2D eigenvalue weighted by Gasteiger charge is -2.50. The molecule has 4 aromatic carbocycles. The Bertz CT molecular complexity index is 3750. The molecule has 3 saturated heterocycles. The number of carbonyl (C=O) groups is 5. The van der Waals surface area contributed by atoms with E-state index in [-0.39, 0.29) is 64.0 Å². The predicted octanol–water partition coefficient (Wildman–Crippen LogP) is 28.8. The first-order valence-corrected chi connectivity index (χ1v) is 58.9. The van der Waals surface area contributed by atoms with Crippen molar-refractivity contribution in [1.82, 2.24) is 16.1 Å². The molecule has 1 unspecified atom stereocenters. The third kappa shape index (κ3) is 53.8. The second kappa shape index (κ2) is 74.5. The molecule has 3 N–H and O–H groups in total. The second-order valence-electron chi connectivity index (χ2n) is 42.1. The van der Waals surface area contributed by atoms with E-state index in [0.717, 1.165) is 163 Å². The largest absolute Gasteiger partial charge is 0.509 e. The van der Waals surface area contributed by atoms with Gasteiger partial charge in [0, 0.05) is 12.0 Å². The Balaban J connectivity index is 1.27. The first kappa shape index (κ1) is 120. The van der Waals surface area contributed by atoms with Crippen LogP contribution in [0.3, 0.4) is 0 Å². The quantitative estimate of drug-likeness (QED) is 0.0122. The average molecular weight is 1960 g/mol. The van der Waals surface area contributed by atoms with Gasteiger partial charge in [-0.25, -0.2) is 10.3 Å². The number of amides is 3. The summed E-state index contributed by atoms with van der Waals surface area (Å²) in [4.78, 5) is 82.4. The van der Waals surface area contributed by atoms with Crippen molar-refractivity contribution in [2.45, 2.75) is 514 Å². The molecule has 14 atom stereocenters. The maximum Gasteiger partial charge on any atom is 0.509 e. The van der Waals surface area contributed by atoms with Gasteiger partial charge in [-0.15, -0.1) is 0 Å². The number of benzene rings is 4. The van der Waals surface area contributed by atoms with Gasteiger partial charge in [-0.2, -0.15) is 0 Å².